The third-order valence-corrected chi connectivity index (χ3v) is 6.08. The summed E-state index contributed by atoms with van der Waals surface area (Å²) in [5, 5.41) is 8.93. The summed E-state index contributed by atoms with van der Waals surface area (Å²) in [6.45, 7) is 4.38. The fraction of sp³-hybridized carbons (Fsp3) is 0.583. The lowest BCUT2D eigenvalue weighted by atomic mass is 10.1. The first-order valence-corrected chi connectivity index (χ1v) is 11.5. The first-order chi connectivity index (χ1) is 14.3. The Bertz CT molecular complexity index is 898. The second-order valence-corrected chi connectivity index (χ2v) is 8.36. The fourth-order valence-electron chi connectivity index (χ4n) is 4.32. The van der Waals surface area contributed by atoms with Crippen LogP contribution >= 0.6 is 12.4 Å². The smallest absolute Gasteiger partial charge is 0.244 e. The number of aryl methyl sites for hydroxylation is 1. The summed E-state index contributed by atoms with van der Waals surface area (Å²) >= 11 is 0. The topological polar surface area (TPSA) is 55.9 Å². The molecule has 0 radical (unpaired) electrons. The molecule has 3 heterocycles. The molecule has 1 saturated heterocycles. The van der Waals surface area contributed by atoms with E-state index in [0.717, 1.165) is 25.1 Å². The molecule has 1 N–H and O–H groups in total. The molecular weight excluding hydrogens is 396 g/mol. The molecule has 2 aromatic heterocycles. The number of nitrogens with one attached hydrogen (secondary N) is 1. The molecule has 0 aliphatic carbocycles. The van der Waals surface area contributed by atoms with Crippen LogP contribution in [0, 0.1) is 0 Å². The molecule has 1 aliphatic rings. The fourth-order valence-corrected chi connectivity index (χ4v) is 4.32. The van der Waals surface area contributed by atoms with E-state index in [2.05, 4.69) is 57.4 Å². The Hall–Kier alpha value is -1.85. The Kier molecular flexibility index (Phi) is 8.76. The molecule has 164 valence electrons. The lowest BCUT2D eigenvalue weighted by molar-refractivity contribution is 0.345. The van der Waals surface area contributed by atoms with Gasteiger partial charge in [-0.3, -0.25) is 0 Å². The van der Waals surface area contributed by atoms with Gasteiger partial charge in [-0.15, -0.1) is 12.4 Å². The number of hydrogen-bond donors (Lipinski definition) is 1. The monoisotopic (exact) mass is 430 g/mol. The molecule has 6 heteroatoms. The van der Waals surface area contributed by atoms with Gasteiger partial charge in [0.15, 0.2) is 0 Å². The van der Waals surface area contributed by atoms with Gasteiger partial charge < -0.3 is 14.4 Å². The Balaban J connectivity index is 0.00000256. The van der Waals surface area contributed by atoms with Gasteiger partial charge in [0, 0.05) is 23.8 Å². The van der Waals surface area contributed by atoms with Crippen molar-refractivity contribution in [2.45, 2.75) is 83.7 Å². The highest BCUT2D eigenvalue weighted by molar-refractivity contribution is 5.85. The van der Waals surface area contributed by atoms with Crippen LogP contribution in [0.3, 0.4) is 0 Å². The van der Waals surface area contributed by atoms with Gasteiger partial charge in [0.2, 0.25) is 11.7 Å². The molecule has 0 spiro atoms. The summed E-state index contributed by atoms with van der Waals surface area (Å²) in [7, 11) is 0. The summed E-state index contributed by atoms with van der Waals surface area (Å²) in [4.78, 5) is 4.65. The predicted molar refractivity (Wildman–Crippen MR) is 125 cm³/mol. The normalized spacial score (nSPS) is 16.2. The summed E-state index contributed by atoms with van der Waals surface area (Å²) in [5.74, 6) is 1.40. The molecule has 1 aromatic carbocycles. The van der Waals surface area contributed by atoms with Gasteiger partial charge in [0.05, 0.1) is 6.04 Å². The zero-order chi connectivity index (χ0) is 19.9. The van der Waals surface area contributed by atoms with Gasteiger partial charge in [-0.25, -0.2) is 0 Å². The van der Waals surface area contributed by atoms with Gasteiger partial charge in [0.1, 0.15) is 0 Å². The molecule has 1 aliphatic heterocycles. The van der Waals surface area contributed by atoms with Crippen molar-refractivity contribution in [2.75, 3.05) is 6.54 Å². The van der Waals surface area contributed by atoms with Crippen LogP contribution in [-0.4, -0.2) is 21.3 Å². The minimum Gasteiger partial charge on any atom is -0.347 e. The number of halogens is 1. The SMILES string of the molecule is CCCCCCCCCCn1ccc2ccc(-c3noc([C@@H]4CCCN4)n3)cc21.Cl. The summed E-state index contributed by atoms with van der Waals surface area (Å²) in [6.07, 6.45) is 15.2. The third-order valence-electron chi connectivity index (χ3n) is 6.08. The molecule has 1 atom stereocenters. The minimum absolute atomic E-state index is 0. The largest absolute Gasteiger partial charge is 0.347 e. The first-order valence-electron chi connectivity index (χ1n) is 11.5. The number of benzene rings is 1. The number of aromatic nitrogens is 3. The third kappa shape index (κ3) is 5.64. The zero-order valence-electron chi connectivity index (χ0n) is 18.1. The van der Waals surface area contributed by atoms with E-state index < -0.39 is 0 Å². The quantitative estimate of drug-likeness (QED) is 0.345. The van der Waals surface area contributed by atoms with E-state index in [9.17, 15) is 0 Å². The molecular formula is C24H35ClN4O. The number of nitrogens with zero attached hydrogens (tertiary/aromatic N) is 3. The van der Waals surface area contributed by atoms with Crippen LogP contribution in [0.4, 0.5) is 0 Å². The van der Waals surface area contributed by atoms with Crippen LogP contribution in [-0.2, 0) is 6.54 Å². The van der Waals surface area contributed by atoms with E-state index in [-0.39, 0.29) is 18.4 Å². The van der Waals surface area contributed by atoms with Crippen molar-refractivity contribution in [1.82, 2.24) is 20.0 Å². The van der Waals surface area contributed by atoms with E-state index in [1.807, 2.05) is 0 Å². The lowest BCUT2D eigenvalue weighted by Crippen LogP contribution is -2.12. The highest BCUT2D eigenvalue weighted by Crippen LogP contribution is 2.27. The zero-order valence-corrected chi connectivity index (χ0v) is 18.9. The predicted octanol–water partition coefficient (Wildman–Crippen LogP) is 6.68. The maximum absolute atomic E-state index is 5.52. The summed E-state index contributed by atoms with van der Waals surface area (Å²) in [5.41, 5.74) is 2.29. The van der Waals surface area contributed by atoms with Crippen molar-refractivity contribution in [2.24, 2.45) is 0 Å². The van der Waals surface area contributed by atoms with Gasteiger partial charge in [-0.05, 0) is 43.3 Å². The van der Waals surface area contributed by atoms with E-state index in [1.54, 1.807) is 0 Å². The first kappa shape index (κ1) is 22.8. The van der Waals surface area contributed by atoms with E-state index in [0.29, 0.717) is 11.7 Å². The van der Waals surface area contributed by atoms with Gasteiger partial charge >= 0.3 is 0 Å². The molecule has 5 nitrogen and oxygen atoms in total. The molecule has 30 heavy (non-hydrogen) atoms. The van der Waals surface area contributed by atoms with Gasteiger partial charge in [-0.2, -0.15) is 4.98 Å². The van der Waals surface area contributed by atoms with Crippen LogP contribution < -0.4 is 5.32 Å². The molecule has 0 unspecified atom stereocenters. The van der Waals surface area contributed by atoms with Crippen LogP contribution in [0.2, 0.25) is 0 Å². The molecule has 0 bridgehead atoms. The van der Waals surface area contributed by atoms with Crippen LogP contribution in [0.25, 0.3) is 22.3 Å². The number of unbranched alkanes of at least 4 members (excludes halogenated alkanes) is 7. The molecule has 1 fully saturated rings. The minimum atomic E-state index is 0. The van der Waals surface area contributed by atoms with Crippen LogP contribution in [0.5, 0.6) is 0 Å². The Morgan fingerprint density at radius 2 is 1.87 bits per heavy atom. The maximum Gasteiger partial charge on any atom is 0.244 e. The standard InChI is InChI=1S/C24H34N4O.ClH/c1-2-3-4-5-6-7-8-9-16-28-17-14-19-12-13-20(18-22(19)28)23-26-24(29-27-23)21-11-10-15-25-21;/h12-14,17-18,21,25H,2-11,15-16H2,1H3;1H/t21-;/m0./s1. The Morgan fingerprint density at radius 1 is 1.07 bits per heavy atom. The van der Waals surface area contributed by atoms with Crippen molar-refractivity contribution >= 4 is 23.3 Å². The molecule has 0 saturated carbocycles. The van der Waals surface area contributed by atoms with Crippen LogP contribution in [0.15, 0.2) is 35.0 Å². The Morgan fingerprint density at radius 3 is 2.63 bits per heavy atom. The summed E-state index contributed by atoms with van der Waals surface area (Å²) in [6, 6.07) is 8.88. The van der Waals surface area contributed by atoms with Gasteiger partial charge in [0.25, 0.3) is 0 Å². The van der Waals surface area contributed by atoms with E-state index >= 15 is 0 Å². The van der Waals surface area contributed by atoms with Crippen molar-refractivity contribution < 1.29 is 4.52 Å². The van der Waals surface area contributed by atoms with Gasteiger partial charge in [-0.1, -0.05) is 69.2 Å². The van der Waals surface area contributed by atoms with Crippen molar-refractivity contribution in [1.29, 1.82) is 0 Å². The lowest BCUT2D eigenvalue weighted by Gasteiger charge is -2.06. The highest BCUT2D eigenvalue weighted by Gasteiger charge is 2.22. The average Bonchev–Trinajstić information content (AvgIpc) is 3.50. The summed E-state index contributed by atoms with van der Waals surface area (Å²) < 4.78 is 7.89. The van der Waals surface area contributed by atoms with Crippen LogP contribution in [0.1, 0.15) is 83.1 Å². The molecule has 3 aromatic rings. The second-order valence-electron chi connectivity index (χ2n) is 8.36. The second kappa shape index (κ2) is 11.5. The maximum atomic E-state index is 5.52. The number of hydrogen-bond acceptors (Lipinski definition) is 4. The van der Waals surface area contributed by atoms with E-state index in [1.165, 1.54) is 68.7 Å². The number of rotatable bonds is 11. The van der Waals surface area contributed by atoms with Crippen molar-refractivity contribution in [3.8, 4) is 11.4 Å². The van der Waals surface area contributed by atoms with E-state index in [4.69, 9.17) is 4.52 Å². The van der Waals surface area contributed by atoms with Crippen molar-refractivity contribution in [3.63, 3.8) is 0 Å². The molecule has 0 amide bonds. The van der Waals surface area contributed by atoms with Crippen molar-refractivity contribution in [3.05, 3.63) is 36.4 Å². The Labute approximate surface area is 186 Å². The molecule has 4 rings (SSSR count). The number of fused-ring (bicyclic) bond motifs is 1. The highest BCUT2D eigenvalue weighted by atomic mass is 35.5. The average molecular weight is 431 g/mol.